The summed E-state index contributed by atoms with van der Waals surface area (Å²) in [6, 6.07) is 0.543. The Morgan fingerprint density at radius 2 is 2.40 bits per heavy atom. The minimum absolute atomic E-state index is 0.280. The molecule has 2 aromatic rings. The predicted molar refractivity (Wildman–Crippen MR) is 61.6 cm³/mol. The monoisotopic (exact) mass is 240 g/mol. The van der Waals surface area contributed by atoms with Gasteiger partial charge in [0, 0.05) is 12.6 Å². The molecule has 0 aromatic carbocycles. The molecule has 1 atom stereocenters. The van der Waals surface area contributed by atoms with E-state index in [0.717, 1.165) is 17.1 Å². The summed E-state index contributed by atoms with van der Waals surface area (Å²) in [6.07, 6.45) is 1.21. The minimum atomic E-state index is 0.280. The highest BCUT2D eigenvalue weighted by molar-refractivity contribution is 7.17. The first-order chi connectivity index (χ1) is 7.25. The summed E-state index contributed by atoms with van der Waals surface area (Å²) in [4.78, 5) is 14.8. The number of halogens is 1. The van der Waals surface area contributed by atoms with E-state index >= 15 is 0 Å². The zero-order valence-electron chi connectivity index (χ0n) is 8.14. The van der Waals surface area contributed by atoms with E-state index in [0.29, 0.717) is 11.7 Å². The topological polar surface area (TPSA) is 41.9 Å². The van der Waals surface area contributed by atoms with Crippen LogP contribution in [0.2, 0.25) is 5.28 Å². The molecule has 1 aliphatic rings. The first kappa shape index (κ1) is 9.30. The van der Waals surface area contributed by atoms with Crippen molar-refractivity contribution in [2.24, 2.45) is 0 Å². The Morgan fingerprint density at radius 3 is 3.07 bits per heavy atom. The standard InChI is InChI=1S/C9H9ClN4S/c1-5-2-3-14(5)8-6-7(11-4-15-6)12-9(10)13-8/h4-5H,2-3H2,1H3. The first-order valence-corrected chi connectivity index (χ1v) is 6.05. The Hall–Kier alpha value is -0.940. The molecule has 0 amide bonds. The maximum atomic E-state index is 5.87. The van der Waals surface area contributed by atoms with Crippen LogP contribution in [0.5, 0.6) is 0 Å². The van der Waals surface area contributed by atoms with Gasteiger partial charge in [0.15, 0.2) is 11.5 Å². The predicted octanol–water partition coefficient (Wildman–Crippen LogP) is 2.34. The van der Waals surface area contributed by atoms with Crippen LogP contribution in [0.1, 0.15) is 13.3 Å². The fraction of sp³-hybridized carbons (Fsp3) is 0.444. The molecule has 1 fully saturated rings. The van der Waals surface area contributed by atoms with E-state index in [2.05, 4.69) is 26.8 Å². The highest BCUT2D eigenvalue weighted by Gasteiger charge is 2.27. The zero-order valence-corrected chi connectivity index (χ0v) is 9.72. The molecule has 0 bridgehead atoms. The number of rotatable bonds is 1. The fourth-order valence-corrected chi connectivity index (χ4v) is 2.64. The zero-order chi connectivity index (χ0) is 10.4. The van der Waals surface area contributed by atoms with Crippen LogP contribution in [0.15, 0.2) is 5.51 Å². The van der Waals surface area contributed by atoms with Gasteiger partial charge in [-0.3, -0.25) is 0 Å². The molecule has 2 aromatic heterocycles. The largest absolute Gasteiger partial charge is 0.352 e. The number of nitrogens with zero attached hydrogens (tertiary/aromatic N) is 4. The molecule has 0 spiro atoms. The third-order valence-electron chi connectivity index (χ3n) is 2.74. The SMILES string of the molecule is CC1CCN1c1nc(Cl)nc2ncsc12. The summed E-state index contributed by atoms with van der Waals surface area (Å²) < 4.78 is 1.03. The van der Waals surface area contributed by atoms with E-state index in [4.69, 9.17) is 11.6 Å². The van der Waals surface area contributed by atoms with Crippen molar-refractivity contribution in [3.8, 4) is 0 Å². The van der Waals surface area contributed by atoms with Crippen molar-refractivity contribution in [2.75, 3.05) is 11.4 Å². The maximum absolute atomic E-state index is 5.87. The molecular formula is C9H9ClN4S. The van der Waals surface area contributed by atoms with Crippen molar-refractivity contribution >= 4 is 39.1 Å². The second-order valence-electron chi connectivity index (χ2n) is 3.65. The van der Waals surface area contributed by atoms with Gasteiger partial charge in [-0.2, -0.15) is 9.97 Å². The van der Waals surface area contributed by atoms with E-state index in [1.54, 1.807) is 16.8 Å². The van der Waals surface area contributed by atoms with Gasteiger partial charge in [0.05, 0.1) is 5.51 Å². The molecule has 0 N–H and O–H groups in total. The first-order valence-electron chi connectivity index (χ1n) is 4.79. The number of hydrogen-bond donors (Lipinski definition) is 0. The number of anilines is 1. The molecule has 0 saturated carbocycles. The second kappa shape index (κ2) is 3.28. The lowest BCUT2D eigenvalue weighted by atomic mass is 10.1. The summed E-state index contributed by atoms with van der Waals surface area (Å²) in [6.45, 7) is 3.23. The van der Waals surface area contributed by atoms with Crippen LogP contribution >= 0.6 is 22.9 Å². The summed E-state index contributed by atoms with van der Waals surface area (Å²) in [5, 5.41) is 0.280. The van der Waals surface area contributed by atoms with E-state index in [-0.39, 0.29) is 5.28 Å². The molecule has 78 valence electrons. The fourth-order valence-electron chi connectivity index (χ4n) is 1.75. The second-order valence-corrected chi connectivity index (χ2v) is 4.85. The van der Waals surface area contributed by atoms with Gasteiger partial charge in [-0.15, -0.1) is 11.3 Å². The lowest BCUT2D eigenvalue weighted by molar-refractivity contribution is 0.478. The molecule has 4 nitrogen and oxygen atoms in total. The lowest BCUT2D eigenvalue weighted by Gasteiger charge is -2.39. The number of thiazole rings is 1. The van der Waals surface area contributed by atoms with E-state index in [1.807, 2.05) is 0 Å². The quantitative estimate of drug-likeness (QED) is 0.718. The van der Waals surface area contributed by atoms with E-state index in [1.165, 1.54) is 6.42 Å². The van der Waals surface area contributed by atoms with Crippen LogP contribution < -0.4 is 4.90 Å². The Labute approximate surface area is 95.9 Å². The van der Waals surface area contributed by atoms with Crippen molar-refractivity contribution in [3.05, 3.63) is 10.8 Å². The lowest BCUT2D eigenvalue weighted by Crippen LogP contribution is -2.46. The number of fused-ring (bicyclic) bond motifs is 1. The molecule has 0 aliphatic carbocycles. The van der Waals surface area contributed by atoms with Crippen LogP contribution in [0, 0.1) is 0 Å². The van der Waals surface area contributed by atoms with Gasteiger partial charge in [-0.25, -0.2) is 4.98 Å². The van der Waals surface area contributed by atoms with Crippen molar-refractivity contribution in [1.29, 1.82) is 0 Å². The molecule has 15 heavy (non-hydrogen) atoms. The van der Waals surface area contributed by atoms with Crippen LogP contribution in [-0.4, -0.2) is 27.5 Å². The summed E-state index contributed by atoms with van der Waals surface area (Å²) in [5.41, 5.74) is 2.48. The third kappa shape index (κ3) is 1.38. The molecule has 0 radical (unpaired) electrons. The Balaban J connectivity index is 2.19. The average molecular weight is 241 g/mol. The van der Waals surface area contributed by atoms with Crippen molar-refractivity contribution in [2.45, 2.75) is 19.4 Å². The van der Waals surface area contributed by atoms with Gasteiger partial charge in [0.1, 0.15) is 4.70 Å². The molecule has 3 rings (SSSR count). The van der Waals surface area contributed by atoms with Gasteiger partial charge in [0.25, 0.3) is 0 Å². The third-order valence-corrected chi connectivity index (χ3v) is 3.72. The van der Waals surface area contributed by atoms with E-state index in [9.17, 15) is 0 Å². The Bertz CT molecular complexity index is 512. The smallest absolute Gasteiger partial charge is 0.226 e. The summed E-state index contributed by atoms with van der Waals surface area (Å²) in [5.74, 6) is 0.936. The van der Waals surface area contributed by atoms with E-state index < -0.39 is 0 Å². The molecular weight excluding hydrogens is 232 g/mol. The maximum Gasteiger partial charge on any atom is 0.226 e. The van der Waals surface area contributed by atoms with Gasteiger partial charge in [-0.1, -0.05) is 0 Å². The molecule has 3 heterocycles. The van der Waals surface area contributed by atoms with Crippen LogP contribution in [-0.2, 0) is 0 Å². The van der Waals surface area contributed by atoms with Gasteiger partial charge < -0.3 is 4.90 Å². The highest BCUT2D eigenvalue weighted by atomic mass is 35.5. The Morgan fingerprint density at radius 1 is 1.53 bits per heavy atom. The Kier molecular flexibility index (Phi) is 2.03. The molecule has 1 unspecified atom stereocenters. The molecule has 6 heteroatoms. The number of hydrogen-bond acceptors (Lipinski definition) is 5. The van der Waals surface area contributed by atoms with Crippen LogP contribution in [0.4, 0.5) is 5.82 Å². The molecule has 1 aliphatic heterocycles. The van der Waals surface area contributed by atoms with Gasteiger partial charge >= 0.3 is 0 Å². The van der Waals surface area contributed by atoms with Crippen LogP contribution in [0.3, 0.4) is 0 Å². The van der Waals surface area contributed by atoms with Gasteiger partial charge in [-0.05, 0) is 24.9 Å². The minimum Gasteiger partial charge on any atom is -0.352 e. The van der Waals surface area contributed by atoms with Crippen molar-refractivity contribution < 1.29 is 0 Å². The normalized spacial score (nSPS) is 20.7. The van der Waals surface area contributed by atoms with Crippen LogP contribution in [0.25, 0.3) is 10.3 Å². The van der Waals surface area contributed by atoms with Crippen molar-refractivity contribution in [3.63, 3.8) is 0 Å². The van der Waals surface area contributed by atoms with Crippen molar-refractivity contribution in [1.82, 2.24) is 15.0 Å². The summed E-state index contributed by atoms with van der Waals surface area (Å²) in [7, 11) is 0. The molecule has 1 saturated heterocycles. The summed E-state index contributed by atoms with van der Waals surface area (Å²) >= 11 is 7.44. The van der Waals surface area contributed by atoms with Gasteiger partial charge in [0.2, 0.25) is 5.28 Å². The number of aromatic nitrogens is 3. The highest BCUT2D eigenvalue weighted by Crippen LogP contribution is 2.33. The average Bonchev–Trinajstić information content (AvgIpc) is 2.63.